The molecule has 3 nitrogen and oxygen atoms in total. The highest BCUT2D eigenvalue weighted by molar-refractivity contribution is 5.89. The highest BCUT2D eigenvalue weighted by Crippen LogP contribution is 2.35. The summed E-state index contributed by atoms with van der Waals surface area (Å²) in [5, 5.41) is 0. The fourth-order valence-electron chi connectivity index (χ4n) is 2.87. The van der Waals surface area contributed by atoms with Gasteiger partial charge in [0, 0.05) is 11.6 Å². The fourth-order valence-corrected chi connectivity index (χ4v) is 2.87. The molecule has 3 heteroatoms. The molecule has 0 aliphatic heterocycles. The normalized spacial score (nSPS) is 25.9. The second-order valence-electron chi connectivity index (χ2n) is 5.10. The van der Waals surface area contributed by atoms with Crippen LogP contribution in [0.2, 0.25) is 0 Å². The lowest BCUT2D eigenvalue weighted by Gasteiger charge is -2.28. The van der Waals surface area contributed by atoms with Gasteiger partial charge in [-0.3, -0.25) is 0 Å². The van der Waals surface area contributed by atoms with Gasteiger partial charge in [0.05, 0.1) is 7.11 Å². The molecule has 0 fully saturated rings. The molecule has 0 aromatic rings. The van der Waals surface area contributed by atoms with Crippen LogP contribution in [0.15, 0.2) is 11.6 Å². The van der Waals surface area contributed by atoms with Gasteiger partial charge in [-0.05, 0) is 24.2 Å². The van der Waals surface area contributed by atoms with Crippen molar-refractivity contribution in [1.82, 2.24) is 0 Å². The van der Waals surface area contributed by atoms with Crippen molar-refractivity contribution in [2.75, 3.05) is 7.11 Å². The Morgan fingerprint density at radius 2 is 2.12 bits per heavy atom. The third-order valence-corrected chi connectivity index (χ3v) is 4.08. The first-order chi connectivity index (χ1) is 8.04. The van der Waals surface area contributed by atoms with E-state index in [2.05, 4.69) is 20.8 Å². The Morgan fingerprint density at radius 1 is 1.53 bits per heavy atom. The number of esters is 1. The predicted octanol–water partition coefficient (Wildman–Crippen LogP) is 2.51. The number of methoxy groups -OCH3 is 1. The topological polar surface area (TPSA) is 52.3 Å². The van der Waals surface area contributed by atoms with Gasteiger partial charge in [-0.2, -0.15) is 0 Å². The minimum absolute atomic E-state index is 0.155. The number of nitrogens with two attached hydrogens (primary N) is 1. The van der Waals surface area contributed by atoms with E-state index in [4.69, 9.17) is 10.5 Å². The smallest absolute Gasteiger partial charge is 0.333 e. The second-order valence-corrected chi connectivity index (χ2v) is 5.10. The summed E-state index contributed by atoms with van der Waals surface area (Å²) in [6.45, 7) is 6.52. The van der Waals surface area contributed by atoms with E-state index in [0.29, 0.717) is 17.8 Å². The van der Waals surface area contributed by atoms with Crippen molar-refractivity contribution in [3.05, 3.63) is 11.6 Å². The van der Waals surface area contributed by atoms with E-state index in [1.54, 1.807) is 0 Å². The van der Waals surface area contributed by atoms with Crippen molar-refractivity contribution in [2.24, 2.45) is 23.5 Å². The molecule has 0 aromatic heterocycles. The summed E-state index contributed by atoms with van der Waals surface area (Å²) in [6.07, 6.45) is 5.04. The summed E-state index contributed by atoms with van der Waals surface area (Å²) < 4.78 is 4.78. The zero-order valence-corrected chi connectivity index (χ0v) is 11.4. The standard InChI is InChI=1S/C14H25NO2/c1-5-10(6-2)13(15)12-8-11(7-9(12)3)14(16)17-4/h8-10,12-13H,5-7,15H2,1-4H3/t9-,12-,13?/m1/s1. The average Bonchev–Trinajstić information content (AvgIpc) is 2.71. The first kappa shape index (κ1) is 14.2. The van der Waals surface area contributed by atoms with Crippen LogP contribution in [0.4, 0.5) is 0 Å². The molecule has 1 rings (SSSR count). The number of ether oxygens (including phenoxy) is 1. The van der Waals surface area contributed by atoms with E-state index in [9.17, 15) is 4.79 Å². The maximum absolute atomic E-state index is 11.5. The molecular formula is C14H25NO2. The third kappa shape index (κ3) is 3.09. The van der Waals surface area contributed by atoms with Crippen molar-refractivity contribution in [3.63, 3.8) is 0 Å². The maximum Gasteiger partial charge on any atom is 0.333 e. The van der Waals surface area contributed by atoms with Gasteiger partial charge >= 0.3 is 5.97 Å². The maximum atomic E-state index is 11.5. The van der Waals surface area contributed by atoms with Gasteiger partial charge in [0.1, 0.15) is 0 Å². The Hall–Kier alpha value is -0.830. The van der Waals surface area contributed by atoms with Crippen LogP contribution in [-0.2, 0) is 9.53 Å². The number of carbonyl (C=O) groups is 1. The molecule has 3 atom stereocenters. The first-order valence-electron chi connectivity index (χ1n) is 6.59. The Morgan fingerprint density at radius 3 is 2.59 bits per heavy atom. The quantitative estimate of drug-likeness (QED) is 0.750. The van der Waals surface area contributed by atoms with Crippen LogP contribution in [-0.4, -0.2) is 19.1 Å². The van der Waals surface area contributed by atoms with Crippen LogP contribution < -0.4 is 5.73 Å². The number of hydrogen-bond donors (Lipinski definition) is 1. The lowest BCUT2D eigenvalue weighted by Crippen LogP contribution is -2.38. The van der Waals surface area contributed by atoms with Crippen LogP contribution >= 0.6 is 0 Å². The number of rotatable bonds is 5. The molecule has 2 N–H and O–H groups in total. The molecule has 1 aliphatic carbocycles. The van der Waals surface area contributed by atoms with Gasteiger partial charge in [0.25, 0.3) is 0 Å². The van der Waals surface area contributed by atoms with E-state index in [-0.39, 0.29) is 12.0 Å². The van der Waals surface area contributed by atoms with Gasteiger partial charge in [0.2, 0.25) is 0 Å². The van der Waals surface area contributed by atoms with Crippen LogP contribution in [0.1, 0.15) is 40.0 Å². The molecule has 0 saturated carbocycles. The molecule has 0 heterocycles. The minimum Gasteiger partial charge on any atom is -0.466 e. The second kappa shape index (κ2) is 6.20. The van der Waals surface area contributed by atoms with Crippen LogP contribution in [0.3, 0.4) is 0 Å². The number of hydrogen-bond acceptors (Lipinski definition) is 3. The van der Waals surface area contributed by atoms with Gasteiger partial charge in [-0.25, -0.2) is 4.79 Å². The average molecular weight is 239 g/mol. The van der Waals surface area contributed by atoms with Crippen molar-refractivity contribution >= 4 is 5.97 Å². The summed E-state index contributed by atoms with van der Waals surface area (Å²) in [4.78, 5) is 11.5. The zero-order valence-electron chi connectivity index (χ0n) is 11.4. The monoisotopic (exact) mass is 239 g/mol. The first-order valence-corrected chi connectivity index (χ1v) is 6.59. The molecule has 17 heavy (non-hydrogen) atoms. The van der Waals surface area contributed by atoms with E-state index < -0.39 is 0 Å². The van der Waals surface area contributed by atoms with Gasteiger partial charge in [-0.15, -0.1) is 0 Å². The Kier molecular flexibility index (Phi) is 5.19. The zero-order chi connectivity index (χ0) is 13.0. The molecule has 0 aromatic carbocycles. The van der Waals surface area contributed by atoms with Crippen molar-refractivity contribution in [1.29, 1.82) is 0 Å². The van der Waals surface area contributed by atoms with Gasteiger partial charge in [-0.1, -0.05) is 39.7 Å². The molecule has 1 aliphatic rings. The molecule has 0 bridgehead atoms. The lowest BCUT2D eigenvalue weighted by atomic mass is 9.81. The minimum atomic E-state index is -0.198. The summed E-state index contributed by atoms with van der Waals surface area (Å²) >= 11 is 0. The third-order valence-electron chi connectivity index (χ3n) is 4.08. The largest absolute Gasteiger partial charge is 0.466 e. The predicted molar refractivity (Wildman–Crippen MR) is 69.4 cm³/mol. The molecule has 0 spiro atoms. The molecule has 0 radical (unpaired) electrons. The van der Waals surface area contributed by atoms with Crippen LogP contribution in [0.5, 0.6) is 0 Å². The Labute approximate surface area is 104 Å². The highest BCUT2D eigenvalue weighted by Gasteiger charge is 2.34. The summed E-state index contributed by atoms with van der Waals surface area (Å²) in [7, 11) is 1.43. The van der Waals surface area contributed by atoms with E-state index in [0.717, 1.165) is 24.8 Å². The van der Waals surface area contributed by atoms with Crippen molar-refractivity contribution in [2.45, 2.75) is 46.1 Å². The van der Waals surface area contributed by atoms with Crippen LogP contribution in [0, 0.1) is 17.8 Å². The molecule has 98 valence electrons. The van der Waals surface area contributed by atoms with Crippen molar-refractivity contribution < 1.29 is 9.53 Å². The lowest BCUT2D eigenvalue weighted by molar-refractivity contribution is -0.136. The van der Waals surface area contributed by atoms with Crippen LogP contribution in [0.25, 0.3) is 0 Å². The Balaban J connectivity index is 2.77. The summed E-state index contributed by atoms with van der Waals surface area (Å²) in [6, 6.07) is 0.155. The van der Waals surface area contributed by atoms with E-state index in [1.807, 2.05) is 6.08 Å². The molecule has 0 amide bonds. The summed E-state index contributed by atoms with van der Waals surface area (Å²) in [5.74, 6) is 1.10. The van der Waals surface area contributed by atoms with E-state index in [1.165, 1.54) is 7.11 Å². The molecular weight excluding hydrogens is 214 g/mol. The SMILES string of the molecule is CCC(CC)C(N)[C@@H]1C=C(C(=O)OC)C[C@H]1C. The number of carbonyl (C=O) groups excluding carboxylic acids is 1. The molecule has 1 unspecified atom stereocenters. The highest BCUT2D eigenvalue weighted by atomic mass is 16.5. The molecule has 0 saturated heterocycles. The summed E-state index contributed by atoms with van der Waals surface area (Å²) in [5.41, 5.74) is 7.14. The van der Waals surface area contributed by atoms with Crippen molar-refractivity contribution in [3.8, 4) is 0 Å². The van der Waals surface area contributed by atoms with Gasteiger partial charge < -0.3 is 10.5 Å². The Bertz CT molecular complexity index is 295. The van der Waals surface area contributed by atoms with E-state index >= 15 is 0 Å². The fraction of sp³-hybridized carbons (Fsp3) is 0.786. The van der Waals surface area contributed by atoms with Gasteiger partial charge in [0.15, 0.2) is 0 Å².